The molecule has 1 aliphatic carbocycles. The number of piperidine rings is 3. The summed E-state index contributed by atoms with van der Waals surface area (Å²) in [5.41, 5.74) is 2.93. The second-order valence-corrected chi connectivity index (χ2v) is 9.85. The molecule has 5 rings (SSSR count). The molecule has 5 atom stereocenters. The summed E-state index contributed by atoms with van der Waals surface area (Å²) in [4.78, 5) is 26.5. The van der Waals surface area contributed by atoms with Gasteiger partial charge in [0, 0.05) is 51.0 Å². The number of nitrogens with one attached hydrogen (secondary N) is 1. The van der Waals surface area contributed by atoms with E-state index in [2.05, 4.69) is 45.1 Å². The minimum atomic E-state index is 0.126. The Kier molecular flexibility index (Phi) is 5.27. The molecule has 1 saturated carbocycles. The van der Waals surface area contributed by atoms with E-state index in [0.29, 0.717) is 41.2 Å². The summed E-state index contributed by atoms with van der Waals surface area (Å²) in [6.07, 6.45) is 6.25. The lowest BCUT2D eigenvalue weighted by Crippen LogP contribution is -2.56. The molecule has 1 aromatic carbocycles. The molecule has 1 aromatic heterocycles. The van der Waals surface area contributed by atoms with Gasteiger partial charge in [0.2, 0.25) is 5.91 Å². The van der Waals surface area contributed by atoms with Crippen LogP contribution < -0.4 is 10.2 Å². The quantitative estimate of drug-likeness (QED) is 0.821. The lowest BCUT2D eigenvalue weighted by molar-refractivity contribution is -0.128. The lowest BCUT2D eigenvalue weighted by atomic mass is 9.60. The summed E-state index contributed by atoms with van der Waals surface area (Å²) in [5, 5.41) is 12.7. The van der Waals surface area contributed by atoms with Gasteiger partial charge in [0.25, 0.3) is 0 Å². The minimum Gasteiger partial charge on any atom is -0.367 e. The molecule has 2 bridgehead atoms. The van der Waals surface area contributed by atoms with Crippen LogP contribution in [0.15, 0.2) is 24.5 Å². The Morgan fingerprint density at radius 1 is 1.13 bits per heavy atom. The van der Waals surface area contributed by atoms with E-state index in [1.54, 1.807) is 12.4 Å². The zero-order valence-electron chi connectivity index (χ0n) is 18.3. The van der Waals surface area contributed by atoms with Crippen LogP contribution in [-0.4, -0.2) is 60.0 Å². The SMILES string of the molecule is C[C@H]1C[C@@H](NC(=O)CC2[C@@H]3C[C@H]2CN(C)C3)CN(c2ccc(C#N)c3nccnc23)C1. The van der Waals surface area contributed by atoms with Gasteiger partial charge in [-0.15, -0.1) is 0 Å². The van der Waals surface area contributed by atoms with Crippen molar-refractivity contribution in [1.82, 2.24) is 20.2 Å². The number of fused-ring (bicyclic) bond motifs is 3. The normalized spacial score (nSPS) is 30.5. The molecule has 1 N–H and O–H groups in total. The molecular formula is C24H30N6O. The number of anilines is 1. The van der Waals surface area contributed by atoms with E-state index in [1.165, 1.54) is 6.42 Å². The van der Waals surface area contributed by atoms with Crippen LogP contribution in [0.1, 0.15) is 31.7 Å². The summed E-state index contributed by atoms with van der Waals surface area (Å²) in [7, 11) is 2.19. The molecule has 162 valence electrons. The predicted molar refractivity (Wildman–Crippen MR) is 119 cm³/mol. The molecule has 0 radical (unpaired) electrons. The number of aromatic nitrogens is 2. The Hall–Kier alpha value is -2.72. The summed E-state index contributed by atoms with van der Waals surface area (Å²) in [6.45, 7) is 6.16. The standard InChI is InChI=1S/C24H30N6O/c1-15-7-19(28-22(31)9-20-17-8-18(20)13-29(2)12-17)14-30(11-15)21-4-3-16(10-25)23-24(21)27-6-5-26-23/h3-6,15,17-20H,7-9,11-14H2,1-2H3,(H,28,31)/t15-,17-,18+,19+,20?/m0/s1. The summed E-state index contributed by atoms with van der Waals surface area (Å²) < 4.78 is 0. The Labute approximate surface area is 183 Å². The first-order chi connectivity index (χ1) is 15.0. The molecule has 7 heteroatoms. The maximum absolute atomic E-state index is 12.9. The summed E-state index contributed by atoms with van der Waals surface area (Å²) in [6, 6.07) is 6.13. The molecule has 1 amide bonds. The van der Waals surface area contributed by atoms with E-state index in [1.807, 2.05) is 12.1 Å². The molecule has 0 spiro atoms. The first kappa shape index (κ1) is 20.2. The minimum absolute atomic E-state index is 0.126. The van der Waals surface area contributed by atoms with Gasteiger partial charge < -0.3 is 15.1 Å². The van der Waals surface area contributed by atoms with Crippen LogP contribution in [0, 0.1) is 35.0 Å². The number of carbonyl (C=O) groups is 1. The number of amides is 1. The Morgan fingerprint density at radius 2 is 1.87 bits per heavy atom. The van der Waals surface area contributed by atoms with E-state index in [4.69, 9.17) is 0 Å². The van der Waals surface area contributed by atoms with Gasteiger partial charge in [-0.05, 0) is 55.7 Å². The Balaban J connectivity index is 1.28. The zero-order valence-corrected chi connectivity index (χ0v) is 18.3. The van der Waals surface area contributed by atoms with Gasteiger partial charge >= 0.3 is 0 Å². The number of carbonyl (C=O) groups excluding carboxylic acids is 1. The van der Waals surface area contributed by atoms with Crippen molar-refractivity contribution in [1.29, 1.82) is 5.26 Å². The van der Waals surface area contributed by atoms with Crippen molar-refractivity contribution in [3.05, 3.63) is 30.1 Å². The fraction of sp³-hybridized carbons (Fsp3) is 0.583. The van der Waals surface area contributed by atoms with Crippen LogP contribution in [0.4, 0.5) is 5.69 Å². The highest BCUT2D eigenvalue weighted by atomic mass is 16.1. The van der Waals surface area contributed by atoms with E-state index in [9.17, 15) is 10.1 Å². The molecule has 31 heavy (non-hydrogen) atoms. The Bertz CT molecular complexity index is 1020. The van der Waals surface area contributed by atoms with Gasteiger partial charge in [-0.25, -0.2) is 0 Å². The van der Waals surface area contributed by atoms with Gasteiger partial charge in [0.05, 0.1) is 11.3 Å². The molecular weight excluding hydrogens is 388 g/mol. The van der Waals surface area contributed by atoms with Crippen LogP contribution >= 0.6 is 0 Å². The number of hydrogen-bond donors (Lipinski definition) is 1. The second kappa shape index (κ2) is 8.08. The molecule has 2 saturated heterocycles. The van der Waals surface area contributed by atoms with Crippen molar-refractivity contribution in [2.45, 2.75) is 32.2 Å². The fourth-order valence-electron chi connectivity index (χ4n) is 6.10. The van der Waals surface area contributed by atoms with Crippen LogP contribution in [0.25, 0.3) is 11.0 Å². The van der Waals surface area contributed by atoms with Gasteiger partial charge in [-0.2, -0.15) is 5.26 Å². The number of nitriles is 1. The highest BCUT2D eigenvalue weighted by molar-refractivity contribution is 5.92. The number of likely N-dealkylation sites (tertiary alicyclic amines) is 1. The number of benzene rings is 1. The lowest BCUT2D eigenvalue weighted by Gasteiger charge is -2.53. The van der Waals surface area contributed by atoms with E-state index in [0.717, 1.165) is 43.8 Å². The van der Waals surface area contributed by atoms with Gasteiger partial charge in [0.15, 0.2) is 0 Å². The van der Waals surface area contributed by atoms with Crippen LogP contribution in [-0.2, 0) is 4.79 Å². The van der Waals surface area contributed by atoms with E-state index in [-0.39, 0.29) is 11.9 Å². The van der Waals surface area contributed by atoms with Gasteiger partial charge in [0.1, 0.15) is 17.1 Å². The van der Waals surface area contributed by atoms with Crippen molar-refractivity contribution < 1.29 is 4.79 Å². The van der Waals surface area contributed by atoms with Crippen LogP contribution in [0.5, 0.6) is 0 Å². The van der Waals surface area contributed by atoms with Crippen molar-refractivity contribution in [3.8, 4) is 6.07 Å². The van der Waals surface area contributed by atoms with Gasteiger partial charge in [-0.3, -0.25) is 14.8 Å². The Morgan fingerprint density at radius 3 is 2.61 bits per heavy atom. The molecule has 2 aromatic rings. The molecule has 3 heterocycles. The number of rotatable bonds is 4. The highest BCUT2D eigenvalue weighted by Crippen LogP contribution is 2.46. The second-order valence-electron chi connectivity index (χ2n) is 9.85. The van der Waals surface area contributed by atoms with Crippen molar-refractivity contribution in [2.75, 3.05) is 38.1 Å². The maximum atomic E-state index is 12.9. The number of nitrogens with zero attached hydrogens (tertiary/aromatic N) is 5. The third kappa shape index (κ3) is 3.85. The molecule has 2 aliphatic heterocycles. The van der Waals surface area contributed by atoms with Crippen LogP contribution in [0.2, 0.25) is 0 Å². The molecule has 7 nitrogen and oxygen atoms in total. The monoisotopic (exact) mass is 418 g/mol. The largest absolute Gasteiger partial charge is 0.367 e. The van der Waals surface area contributed by atoms with Crippen LogP contribution in [0.3, 0.4) is 0 Å². The van der Waals surface area contributed by atoms with Crippen molar-refractivity contribution >= 4 is 22.6 Å². The summed E-state index contributed by atoms with van der Waals surface area (Å²) in [5.74, 6) is 2.61. The smallest absolute Gasteiger partial charge is 0.220 e. The van der Waals surface area contributed by atoms with E-state index < -0.39 is 0 Å². The first-order valence-corrected chi connectivity index (χ1v) is 11.4. The highest BCUT2D eigenvalue weighted by Gasteiger charge is 2.46. The third-order valence-corrected chi connectivity index (χ3v) is 7.42. The van der Waals surface area contributed by atoms with Gasteiger partial charge in [-0.1, -0.05) is 6.92 Å². The molecule has 3 aliphatic rings. The third-order valence-electron chi connectivity index (χ3n) is 7.42. The summed E-state index contributed by atoms with van der Waals surface area (Å²) >= 11 is 0. The maximum Gasteiger partial charge on any atom is 0.220 e. The van der Waals surface area contributed by atoms with Crippen molar-refractivity contribution in [3.63, 3.8) is 0 Å². The van der Waals surface area contributed by atoms with Crippen molar-refractivity contribution in [2.24, 2.45) is 23.7 Å². The van der Waals surface area contributed by atoms with E-state index >= 15 is 0 Å². The topological polar surface area (TPSA) is 85.2 Å². The first-order valence-electron chi connectivity index (χ1n) is 11.4. The average Bonchev–Trinajstić information content (AvgIpc) is 2.76. The predicted octanol–water partition coefficient (Wildman–Crippen LogP) is 2.42. The molecule has 3 fully saturated rings. The zero-order chi connectivity index (χ0) is 21.5. The number of hydrogen-bond acceptors (Lipinski definition) is 6. The molecule has 1 unspecified atom stereocenters. The average molecular weight is 419 g/mol. The fourth-order valence-corrected chi connectivity index (χ4v) is 6.10.